The van der Waals surface area contributed by atoms with Crippen molar-refractivity contribution in [2.75, 3.05) is 7.11 Å². The Kier molecular flexibility index (Phi) is 4.89. The first-order valence-electron chi connectivity index (χ1n) is 3.01. The van der Waals surface area contributed by atoms with Gasteiger partial charge in [-0.1, -0.05) is 6.08 Å². The van der Waals surface area contributed by atoms with Crippen LogP contribution in [0.4, 0.5) is 0 Å². The minimum Gasteiger partial charge on any atom is -0.462 e. The Hall–Kier alpha value is -0.550. The Labute approximate surface area is 67.9 Å². The van der Waals surface area contributed by atoms with Gasteiger partial charge in [-0.3, -0.25) is 0 Å². The molecule has 0 aromatic heterocycles. The van der Waals surface area contributed by atoms with Crippen molar-refractivity contribution >= 4 is 8.81 Å². The summed E-state index contributed by atoms with van der Waals surface area (Å²) in [6.45, 7) is 1.78. The zero-order chi connectivity index (χ0) is 8.74. The molecule has 0 aliphatic rings. The van der Waals surface area contributed by atoms with E-state index in [0.717, 1.165) is 0 Å². The van der Waals surface area contributed by atoms with Crippen LogP contribution in [0.5, 0.6) is 0 Å². The zero-order valence-electron chi connectivity index (χ0n) is 6.46. The second kappa shape index (κ2) is 5.15. The summed E-state index contributed by atoms with van der Waals surface area (Å²) < 4.78 is 4.91. The molecule has 0 saturated heterocycles. The minimum absolute atomic E-state index is 0.510. The average molecular weight is 174 g/mol. The van der Waals surface area contributed by atoms with Crippen LogP contribution < -0.4 is 0 Å². The van der Waals surface area contributed by atoms with Crippen LogP contribution in [0.1, 0.15) is 6.92 Å². The molecule has 0 bridgehead atoms. The maximum atomic E-state index is 8.88. The molecule has 2 N–H and O–H groups in total. The first kappa shape index (κ1) is 10.4. The summed E-state index contributed by atoms with van der Waals surface area (Å²) in [4.78, 5) is 8.88. The van der Waals surface area contributed by atoms with Gasteiger partial charge in [0, 0.05) is 7.11 Å². The molecule has 0 amide bonds. The largest absolute Gasteiger partial charge is 0.462 e. The van der Waals surface area contributed by atoms with Gasteiger partial charge in [0.1, 0.15) is 6.11 Å². The van der Waals surface area contributed by atoms with E-state index in [0.29, 0.717) is 0 Å². The van der Waals surface area contributed by atoms with Crippen molar-refractivity contribution in [1.82, 2.24) is 0 Å². The van der Waals surface area contributed by atoms with E-state index in [-0.39, 0.29) is 0 Å². The summed E-state index contributed by atoms with van der Waals surface area (Å²) in [7, 11) is 0.914. The maximum Gasteiger partial charge on any atom is 0.190 e. The van der Waals surface area contributed by atoms with Crippen molar-refractivity contribution in [1.29, 1.82) is 0 Å². The van der Waals surface area contributed by atoms with Crippen LogP contribution in [0.15, 0.2) is 12.2 Å². The topological polar surface area (TPSA) is 49.7 Å². The molecule has 0 aromatic rings. The van der Waals surface area contributed by atoms with Gasteiger partial charge in [0.25, 0.3) is 0 Å². The zero-order valence-corrected chi connectivity index (χ0v) is 7.46. The summed E-state index contributed by atoms with van der Waals surface area (Å²) in [5.74, 6) is 2.36. The molecule has 4 heteroatoms. The third kappa shape index (κ3) is 2.90. The molecule has 0 fully saturated rings. The van der Waals surface area contributed by atoms with Crippen LogP contribution in [0.25, 0.3) is 0 Å². The molecule has 2 unspecified atom stereocenters. The number of allylic oxidation sites excluding steroid dienone is 1. The Morgan fingerprint density at radius 3 is 2.55 bits per heavy atom. The van der Waals surface area contributed by atoms with E-state index in [1.807, 2.05) is 0 Å². The number of aliphatic hydroxyl groups excluding tert-OH is 1. The standard InChI is InChI=1S/C7H11O3P/c1-3-4-7(10-2,11-9)5-6-8/h3-4,8-9,11H,1-2H3. The number of methoxy groups -OCH3 is 1. The lowest BCUT2D eigenvalue weighted by atomic mass is 10.3. The van der Waals surface area contributed by atoms with Crippen LogP contribution >= 0.6 is 8.81 Å². The minimum atomic E-state index is -1.02. The summed E-state index contributed by atoms with van der Waals surface area (Å²) in [5.41, 5.74) is 0. The Balaban J connectivity index is 4.55. The highest BCUT2D eigenvalue weighted by Crippen LogP contribution is 2.29. The number of hydrogen-bond acceptors (Lipinski definition) is 3. The first-order chi connectivity index (χ1) is 5.24. The van der Waals surface area contributed by atoms with E-state index in [9.17, 15) is 0 Å². The maximum absolute atomic E-state index is 8.88. The van der Waals surface area contributed by atoms with Crippen LogP contribution in [0, 0.1) is 12.0 Å². The average Bonchev–Trinajstić information content (AvgIpc) is 2.04. The van der Waals surface area contributed by atoms with Crippen molar-refractivity contribution in [3.63, 3.8) is 0 Å². The van der Waals surface area contributed by atoms with Crippen LogP contribution in [0.2, 0.25) is 0 Å². The third-order valence-electron chi connectivity index (χ3n) is 1.13. The molecule has 0 aliphatic heterocycles. The van der Waals surface area contributed by atoms with Gasteiger partial charge in [-0.2, -0.15) is 0 Å². The van der Waals surface area contributed by atoms with Gasteiger partial charge in [0.05, 0.1) is 8.81 Å². The predicted octanol–water partition coefficient (Wildman–Crippen LogP) is 0.824. The SMILES string of the molecule is CC=CC(C#CO)(OC)PO. The monoisotopic (exact) mass is 174 g/mol. The molecule has 0 aromatic carbocycles. The molecular weight excluding hydrogens is 163 g/mol. The van der Waals surface area contributed by atoms with Gasteiger partial charge < -0.3 is 14.7 Å². The first-order valence-corrected chi connectivity index (χ1v) is 3.96. The Morgan fingerprint density at radius 2 is 2.27 bits per heavy atom. The number of aliphatic hydroxyl groups is 1. The fourth-order valence-corrected chi connectivity index (χ4v) is 1.03. The smallest absolute Gasteiger partial charge is 0.190 e. The molecule has 0 rings (SSSR count). The predicted molar refractivity (Wildman–Crippen MR) is 44.8 cm³/mol. The summed E-state index contributed by atoms with van der Waals surface area (Å²) in [5, 5.41) is 7.28. The molecule has 3 nitrogen and oxygen atoms in total. The number of rotatable bonds is 3. The molecular formula is C7H11O3P. The second-order valence-electron chi connectivity index (χ2n) is 1.79. The van der Waals surface area contributed by atoms with Gasteiger partial charge in [0.15, 0.2) is 5.34 Å². The van der Waals surface area contributed by atoms with E-state index in [1.165, 1.54) is 7.11 Å². The van der Waals surface area contributed by atoms with E-state index < -0.39 is 14.1 Å². The van der Waals surface area contributed by atoms with Crippen LogP contribution in [0.3, 0.4) is 0 Å². The Bertz CT molecular complexity index is 186. The Morgan fingerprint density at radius 1 is 1.64 bits per heavy atom. The fraction of sp³-hybridized carbons (Fsp3) is 0.429. The highest BCUT2D eigenvalue weighted by Gasteiger charge is 2.22. The number of ether oxygens (including phenoxy) is 1. The van der Waals surface area contributed by atoms with Crippen molar-refractivity contribution in [3.8, 4) is 12.0 Å². The highest BCUT2D eigenvalue weighted by molar-refractivity contribution is 7.33. The van der Waals surface area contributed by atoms with E-state index in [2.05, 4.69) is 5.92 Å². The van der Waals surface area contributed by atoms with Crippen molar-refractivity contribution in [2.45, 2.75) is 12.3 Å². The number of hydrogen-bond donors (Lipinski definition) is 2. The van der Waals surface area contributed by atoms with Crippen LogP contribution in [-0.2, 0) is 4.74 Å². The highest BCUT2D eigenvalue weighted by atomic mass is 31.1. The van der Waals surface area contributed by atoms with E-state index >= 15 is 0 Å². The second-order valence-corrected chi connectivity index (χ2v) is 2.75. The molecule has 11 heavy (non-hydrogen) atoms. The van der Waals surface area contributed by atoms with E-state index in [4.69, 9.17) is 14.7 Å². The molecule has 0 aliphatic carbocycles. The lowest BCUT2D eigenvalue weighted by Gasteiger charge is -2.18. The normalized spacial score (nSPS) is 16.6. The van der Waals surface area contributed by atoms with Crippen molar-refractivity contribution < 1.29 is 14.7 Å². The van der Waals surface area contributed by atoms with Crippen molar-refractivity contribution in [2.24, 2.45) is 0 Å². The van der Waals surface area contributed by atoms with Crippen molar-refractivity contribution in [3.05, 3.63) is 12.2 Å². The summed E-state index contributed by atoms with van der Waals surface area (Å²) in [6, 6.07) is 0. The van der Waals surface area contributed by atoms with Gasteiger partial charge in [-0.15, -0.1) is 0 Å². The van der Waals surface area contributed by atoms with Crippen LogP contribution in [-0.4, -0.2) is 22.5 Å². The molecule has 62 valence electrons. The third-order valence-corrected chi connectivity index (χ3v) is 1.96. The van der Waals surface area contributed by atoms with Gasteiger partial charge >= 0.3 is 0 Å². The lowest BCUT2D eigenvalue weighted by molar-refractivity contribution is 0.148. The molecule has 0 saturated carbocycles. The van der Waals surface area contributed by atoms with E-state index in [1.54, 1.807) is 25.2 Å². The molecule has 0 radical (unpaired) electrons. The quantitative estimate of drug-likeness (QED) is 0.378. The summed E-state index contributed by atoms with van der Waals surface area (Å²) in [6.07, 6.45) is 5.01. The molecule has 0 spiro atoms. The van der Waals surface area contributed by atoms with Gasteiger partial charge in [0.2, 0.25) is 0 Å². The fourth-order valence-electron chi connectivity index (χ4n) is 0.589. The van der Waals surface area contributed by atoms with Gasteiger partial charge in [-0.25, -0.2) is 0 Å². The molecule has 0 heterocycles. The van der Waals surface area contributed by atoms with Gasteiger partial charge in [-0.05, 0) is 18.9 Å². The summed E-state index contributed by atoms with van der Waals surface area (Å²) >= 11 is 0. The lowest BCUT2D eigenvalue weighted by Crippen LogP contribution is -2.19. The molecule has 2 atom stereocenters.